The topological polar surface area (TPSA) is 38.2 Å². The highest BCUT2D eigenvalue weighted by atomic mass is 35.5. The summed E-state index contributed by atoms with van der Waals surface area (Å²) in [6.07, 6.45) is 5.32. The van der Waals surface area contributed by atoms with Gasteiger partial charge in [-0.05, 0) is 36.1 Å². The molecule has 0 spiro atoms. The summed E-state index contributed by atoms with van der Waals surface area (Å²) in [6, 6.07) is 6.35. The Balaban J connectivity index is 1.76. The Hall–Kier alpha value is -1.81. The lowest BCUT2D eigenvalue weighted by Gasteiger charge is -2.29. The van der Waals surface area contributed by atoms with Crippen LogP contribution < -0.4 is 9.64 Å². The van der Waals surface area contributed by atoms with Gasteiger partial charge in [0, 0.05) is 13.1 Å². The number of rotatable bonds is 4. The summed E-state index contributed by atoms with van der Waals surface area (Å²) < 4.78 is 5.70. The second kappa shape index (κ2) is 6.31. The van der Waals surface area contributed by atoms with E-state index in [1.54, 1.807) is 12.4 Å². The number of benzene rings is 1. The third kappa shape index (κ3) is 3.27. The van der Waals surface area contributed by atoms with Crippen molar-refractivity contribution in [2.45, 2.75) is 26.3 Å². The third-order valence-corrected chi connectivity index (χ3v) is 3.76. The molecule has 3 rings (SSSR count). The van der Waals surface area contributed by atoms with Crippen molar-refractivity contribution in [3.8, 4) is 5.75 Å². The van der Waals surface area contributed by atoms with Crippen LogP contribution in [0.4, 0.5) is 5.82 Å². The van der Waals surface area contributed by atoms with Crippen molar-refractivity contribution in [2.24, 2.45) is 0 Å². The predicted molar refractivity (Wildman–Crippen MR) is 84.0 cm³/mol. The molecule has 0 saturated heterocycles. The van der Waals surface area contributed by atoms with Crippen LogP contribution in [0.15, 0.2) is 30.6 Å². The zero-order valence-electron chi connectivity index (χ0n) is 12.1. The molecule has 1 aliphatic heterocycles. The van der Waals surface area contributed by atoms with Crippen LogP contribution in [0.25, 0.3) is 0 Å². The van der Waals surface area contributed by atoms with Crippen LogP contribution in [-0.4, -0.2) is 23.1 Å². The highest BCUT2D eigenvalue weighted by Gasteiger charge is 2.18. The van der Waals surface area contributed by atoms with E-state index >= 15 is 0 Å². The van der Waals surface area contributed by atoms with Gasteiger partial charge >= 0.3 is 0 Å². The van der Waals surface area contributed by atoms with Gasteiger partial charge in [-0.2, -0.15) is 0 Å². The summed E-state index contributed by atoms with van der Waals surface area (Å²) >= 11 is 5.92. The van der Waals surface area contributed by atoms with Crippen LogP contribution in [0, 0.1) is 0 Å². The van der Waals surface area contributed by atoms with Crippen LogP contribution in [0.5, 0.6) is 5.75 Å². The lowest BCUT2D eigenvalue weighted by molar-refractivity contribution is 0.317. The molecular formula is C16H18ClN3O. The van der Waals surface area contributed by atoms with Crippen LogP contribution in [0.1, 0.15) is 24.5 Å². The quantitative estimate of drug-likeness (QED) is 0.867. The maximum absolute atomic E-state index is 5.92. The molecule has 0 fully saturated rings. The van der Waals surface area contributed by atoms with Crippen LogP contribution >= 0.6 is 11.6 Å². The van der Waals surface area contributed by atoms with Crippen molar-refractivity contribution >= 4 is 17.4 Å². The largest absolute Gasteiger partial charge is 0.494 e. The van der Waals surface area contributed by atoms with E-state index in [2.05, 4.69) is 33.9 Å². The van der Waals surface area contributed by atoms with E-state index in [4.69, 9.17) is 16.3 Å². The first-order valence-electron chi connectivity index (χ1n) is 7.23. The number of halogens is 1. The van der Waals surface area contributed by atoms with Crippen molar-refractivity contribution in [1.29, 1.82) is 0 Å². The smallest absolute Gasteiger partial charge is 0.149 e. The minimum atomic E-state index is 0.432. The lowest BCUT2D eigenvalue weighted by Crippen LogP contribution is -2.31. The van der Waals surface area contributed by atoms with Gasteiger partial charge in [-0.1, -0.05) is 24.6 Å². The van der Waals surface area contributed by atoms with Gasteiger partial charge in [-0.25, -0.2) is 4.98 Å². The summed E-state index contributed by atoms with van der Waals surface area (Å²) in [7, 11) is 0. The molecule has 0 saturated carbocycles. The Morgan fingerprint density at radius 3 is 3.00 bits per heavy atom. The van der Waals surface area contributed by atoms with Crippen molar-refractivity contribution in [3.05, 3.63) is 46.9 Å². The third-order valence-electron chi connectivity index (χ3n) is 3.58. The molecule has 0 bridgehead atoms. The molecule has 0 atom stereocenters. The minimum absolute atomic E-state index is 0.432. The SMILES string of the molecule is CCCOc1ccc2c(c1)CCN(c1cncc(Cl)n1)C2. The molecule has 21 heavy (non-hydrogen) atoms. The molecule has 5 heteroatoms. The van der Waals surface area contributed by atoms with Crippen molar-refractivity contribution < 1.29 is 4.74 Å². The van der Waals surface area contributed by atoms with E-state index in [1.807, 2.05) is 6.07 Å². The number of fused-ring (bicyclic) bond motifs is 1. The molecule has 110 valence electrons. The molecule has 4 nitrogen and oxygen atoms in total. The predicted octanol–water partition coefficient (Wildman–Crippen LogP) is 3.48. The Morgan fingerprint density at radius 2 is 2.19 bits per heavy atom. The number of aromatic nitrogens is 2. The van der Waals surface area contributed by atoms with Crippen molar-refractivity contribution in [2.75, 3.05) is 18.1 Å². The molecule has 0 amide bonds. The van der Waals surface area contributed by atoms with Gasteiger partial charge in [0.1, 0.15) is 16.7 Å². The van der Waals surface area contributed by atoms with Gasteiger partial charge in [0.2, 0.25) is 0 Å². The molecule has 0 unspecified atom stereocenters. The number of hydrogen-bond acceptors (Lipinski definition) is 4. The van der Waals surface area contributed by atoms with E-state index in [-0.39, 0.29) is 0 Å². The van der Waals surface area contributed by atoms with Crippen LogP contribution in [-0.2, 0) is 13.0 Å². The average Bonchev–Trinajstić information content (AvgIpc) is 2.52. The summed E-state index contributed by atoms with van der Waals surface area (Å²) in [5.41, 5.74) is 2.67. The molecule has 0 N–H and O–H groups in total. The highest BCUT2D eigenvalue weighted by molar-refractivity contribution is 6.29. The van der Waals surface area contributed by atoms with E-state index < -0.39 is 0 Å². The molecule has 0 aliphatic carbocycles. The number of anilines is 1. The Kier molecular flexibility index (Phi) is 4.25. The van der Waals surface area contributed by atoms with Gasteiger partial charge in [-0.15, -0.1) is 0 Å². The van der Waals surface area contributed by atoms with E-state index in [0.717, 1.165) is 44.1 Å². The Bertz CT molecular complexity index is 633. The van der Waals surface area contributed by atoms with Crippen molar-refractivity contribution in [3.63, 3.8) is 0 Å². The first kappa shape index (κ1) is 14.1. The van der Waals surface area contributed by atoms with E-state index in [0.29, 0.717) is 5.15 Å². The molecule has 0 radical (unpaired) electrons. The summed E-state index contributed by atoms with van der Waals surface area (Å²) in [6.45, 7) is 4.63. The number of ether oxygens (including phenoxy) is 1. The summed E-state index contributed by atoms with van der Waals surface area (Å²) in [4.78, 5) is 10.6. The fourth-order valence-electron chi connectivity index (χ4n) is 2.52. The van der Waals surface area contributed by atoms with Gasteiger partial charge in [-0.3, -0.25) is 4.98 Å². The van der Waals surface area contributed by atoms with E-state index in [9.17, 15) is 0 Å². The zero-order chi connectivity index (χ0) is 14.7. The highest BCUT2D eigenvalue weighted by Crippen LogP contribution is 2.26. The fraction of sp³-hybridized carbons (Fsp3) is 0.375. The zero-order valence-corrected chi connectivity index (χ0v) is 12.8. The lowest BCUT2D eigenvalue weighted by atomic mass is 9.99. The summed E-state index contributed by atoms with van der Waals surface area (Å²) in [5, 5.41) is 0.432. The standard InChI is InChI=1S/C16H18ClN3O/c1-2-7-21-14-4-3-13-11-20(6-5-12(13)8-14)16-10-18-9-15(17)19-16/h3-4,8-10H,2,5-7,11H2,1H3. The average molecular weight is 304 g/mol. The van der Waals surface area contributed by atoms with Gasteiger partial charge in [0.05, 0.1) is 19.0 Å². The van der Waals surface area contributed by atoms with E-state index in [1.165, 1.54) is 11.1 Å². The van der Waals surface area contributed by atoms with Crippen molar-refractivity contribution in [1.82, 2.24) is 9.97 Å². The van der Waals surface area contributed by atoms with Gasteiger partial charge < -0.3 is 9.64 Å². The molecule has 2 aromatic rings. The van der Waals surface area contributed by atoms with Gasteiger partial charge in [0.25, 0.3) is 0 Å². The Morgan fingerprint density at radius 1 is 1.29 bits per heavy atom. The second-order valence-corrected chi connectivity index (χ2v) is 5.54. The number of hydrogen-bond donors (Lipinski definition) is 0. The summed E-state index contributed by atoms with van der Waals surface area (Å²) in [5.74, 6) is 1.80. The second-order valence-electron chi connectivity index (χ2n) is 5.15. The molecule has 2 heterocycles. The number of nitrogens with zero attached hydrogens (tertiary/aromatic N) is 3. The monoisotopic (exact) mass is 303 g/mol. The fourth-order valence-corrected chi connectivity index (χ4v) is 2.66. The molecule has 1 aromatic carbocycles. The van der Waals surface area contributed by atoms with Crippen LogP contribution in [0.3, 0.4) is 0 Å². The molecular weight excluding hydrogens is 286 g/mol. The molecule has 1 aliphatic rings. The Labute approximate surface area is 129 Å². The first-order valence-corrected chi connectivity index (χ1v) is 7.61. The first-order chi connectivity index (χ1) is 10.3. The van der Waals surface area contributed by atoms with Crippen LogP contribution in [0.2, 0.25) is 5.15 Å². The maximum Gasteiger partial charge on any atom is 0.149 e. The van der Waals surface area contributed by atoms with Gasteiger partial charge in [0.15, 0.2) is 0 Å². The minimum Gasteiger partial charge on any atom is -0.494 e. The maximum atomic E-state index is 5.92. The molecule has 1 aromatic heterocycles. The normalized spacial score (nSPS) is 13.9.